The molecular formula is C11H19N3O. The van der Waals surface area contributed by atoms with Crippen LogP contribution >= 0.6 is 0 Å². The van der Waals surface area contributed by atoms with Gasteiger partial charge in [0.05, 0.1) is 0 Å². The van der Waals surface area contributed by atoms with E-state index in [4.69, 9.17) is 10.8 Å². The number of nitrogen functional groups attached to an aromatic ring is 1. The quantitative estimate of drug-likeness (QED) is 0.597. The summed E-state index contributed by atoms with van der Waals surface area (Å²) in [6.07, 6.45) is 5.91. The summed E-state index contributed by atoms with van der Waals surface area (Å²) in [5.74, 6) is 0.831. The molecule has 15 heavy (non-hydrogen) atoms. The molecule has 0 fully saturated rings. The Labute approximate surface area is 90.5 Å². The summed E-state index contributed by atoms with van der Waals surface area (Å²) in [5, 5.41) is 11.8. The average Bonchev–Trinajstić information content (AvgIpc) is 2.23. The lowest BCUT2D eigenvalue weighted by Gasteiger charge is -2.05. The van der Waals surface area contributed by atoms with Crippen molar-refractivity contribution in [3.63, 3.8) is 0 Å². The third kappa shape index (κ3) is 5.22. The Balaban J connectivity index is 2.10. The SMILES string of the molecule is Nc1ccnc(NCCCCCCO)c1. The van der Waals surface area contributed by atoms with Gasteiger partial charge in [-0.2, -0.15) is 0 Å². The topological polar surface area (TPSA) is 71.2 Å². The lowest BCUT2D eigenvalue weighted by atomic mass is 10.2. The molecule has 1 heterocycles. The second kappa shape index (κ2) is 7.06. The van der Waals surface area contributed by atoms with E-state index in [9.17, 15) is 0 Å². The van der Waals surface area contributed by atoms with Crippen LogP contribution < -0.4 is 11.1 Å². The number of rotatable bonds is 7. The van der Waals surface area contributed by atoms with Gasteiger partial charge in [-0.15, -0.1) is 0 Å². The fourth-order valence-electron chi connectivity index (χ4n) is 1.35. The van der Waals surface area contributed by atoms with Gasteiger partial charge in [-0.1, -0.05) is 12.8 Å². The molecule has 4 N–H and O–H groups in total. The van der Waals surface area contributed by atoms with Crippen LogP contribution in [0.4, 0.5) is 11.5 Å². The second-order valence-corrected chi connectivity index (χ2v) is 3.54. The van der Waals surface area contributed by atoms with Gasteiger partial charge in [-0.25, -0.2) is 4.98 Å². The highest BCUT2D eigenvalue weighted by molar-refractivity contribution is 5.48. The zero-order chi connectivity index (χ0) is 10.9. The Hall–Kier alpha value is -1.29. The number of nitrogens with two attached hydrogens (primary N) is 1. The number of aromatic nitrogens is 1. The van der Waals surface area contributed by atoms with Crippen LogP contribution in [-0.2, 0) is 0 Å². The van der Waals surface area contributed by atoms with Crippen LogP contribution in [0.25, 0.3) is 0 Å². The summed E-state index contributed by atoms with van der Waals surface area (Å²) >= 11 is 0. The lowest BCUT2D eigenvalue weighted by molar-refractivity contribution is 0.283. The number of aliphatic hydroxyl groups is 1. The van der Waals surface area contributed by atoms with Crippen LogP contribution in [0.2, 0.25) is 0 Å². The van der Waals surface area contributed by atoms with E-state index < -0.39 is 0 Å². The predicted octanol–water partition coefficient (Wildman–Crippen LogP) is 1.63. The zero-order valence-corrected chi connectivity index (χ0v) is 8.95. The summed E-state index contributed by atoms with van der Waals surface area (Å²) < 4.78 is 0. The molecule has 0 bridgehead atoms. The second-order valence-electron chi connectivity index (χ2n) is 3.54. The van der Waals surface area contributed by atoms with Gasteiger partial charge in [-0.3, -0.25) is 0 Å². The van der Waals surface area contributed by atoms with Gasteiger partial charge in [-0.05, 0) is 18.9 Å². The first kappa shape index (κ1) is 11.8. The molecule has 0 aliphatic heterocycles. The molecule has 0 aliphatic rings. The minimum Gasteiger partial charge on any atom is -0.399 e. The minimum absolute atomic E-state index is 0.296. The van der Waals surface area contributed by atoms with E-state index in [0.29, 0.717) is 6.61 Å². The van der Waals surface area contributed by atoms with Gasteiger partial charge in [0.1, 0.15) is 5.82 Å². The molecular weight excluding hydrogens is 190 g/mol. The van der Waals surface area contributed by atoms with E-state index in [1.807, 2.05) is 6.07 Å². The number of nitrogens with one attached hydrogen (secondary N) is 1. The number of aliphatic hydroxyl groups excluding tert-OH is 1. The maximum atomic E-state index is 8.59. The van der Waals surface area contributed by atoms with Crippen molar-refractivity contribution in [2.75, 3.05) is 24.2 Å². The average molecular weight is 209 g/mol. The number of nitrogens with zero attached hydrogens (tertiary/aromatic N) is 1. The van der Waals surface area contributed by atoms with Crippen LogP contribution in [0.3, 0.4) is 0 Å². The van der Waals surface area contributed by atoms with E-state index in [1.165, 1.54) is 0 Å². The van der Waals surface area contributed by atoms with Gasteiger partial charge >= 0.3 is 0 Å². The van der Waals surface area contributed by atoms with Crippen molar-refractivity contribution in [2.45, 2.75) is 25.7 Å². The van der Waals surface area contributed by atoms with E-state index in [0.717, 1.165) is 43.7 Å². The van der Waals surface area contributed by atoms with Gasteiger partial charge in [0.2, 0.25) is 0 Å². The van der Waals surface area contributed by atoms with Gasteiger partial charge in [0.15, 0.2) is 0 Å². The first-order valence-electron chi connectivity index (χ1n) is 5.39. The van der Waals surface area contributed by atoms with Crippen LogP contribution in [0.15, 0.2) is 18.3 Å². The maximum absolute atomic E-state index is 8.59. The van der Waals surface area contributed by atoms with Crippen molar-refractivity contribution in [2.24, 2.45) is 0 Å². The molecule has 1 aromatic rings. The number of anilines is 2. The molecule has 0 spiro atoms. The molecule has 0 aliphatic carbocycles. The van der Waals surface area contributed by atoms with Crippen molar-refractivity contribution in [1.82, 2.24) is 4.98 Å². The van der Waals surface area contributed by atoms with Crippen LogP contribution in [-0.4, -0.2) is 23.2 Å². The minimum atomic E-state index is 0.296. The monoisotopic (exact) mass is 209 g/mol. The molecule has 0 aromatic carbocycles. The predicted molar refractivity (Wildman–Crippen MR) is 62.7 cm³/mol. The molecule has 0 amide bonds. The van der Waals surface area contributed by atoms with Gasteiger partial charge in [0, 0.05) is 31.1 Å². The molecule has 4 heteroatoms. The van der Waals surface area contributed by atoms with Crippen molar-refractivity contribution >= 4 is 11.5 Å². The van der Waals surface area contributed by atoms with E-state index >= 15 is 0 Å². The first-order valence-corrected chi connectivity index (χ1v) is 5.39. The summed E-state index contributed by atoms with van der Waals surface area (Å²) in [5.41, 5.74) is 6.35. The highest BCUT2D eigenvalue weighted by atomic mass is 16.2. The molecule has 0 saturated carbocycles. The summed E-state index contributed by atoms with van der Waals surface area (Å²) in [6.45, 7) is 1.20. The summed E-state index contributed by atoms with van der Waals surface area (Å²) in [4.78, 5) is 4.14. The smallest absolute Gasteiger partial charge is 0.127 e. The molecule has 0 unspecified atom stereocenters. The molecule has 84 valence electrons. The molecule has 0 saturated heterocycles. The Bertz CT molecular complexity index is 278. The number of hydrogen-bond donors (Lipinski definition) is 3. The van der Waals surface area contributed by atoms with Crippen LogP contribution in [0, 0.1) is 0 Å². The zero-order valence-electron chi connectivity index (χ0n) is 8.95. The molecule has 1 aromatic heterocycles. The molecule has 0 radical (unpaired) electrons. The Kier molecular flexibility index (Phi) is 5.55. The highest BCUT2D eigenvalue weighted by Crippen LogP contribution is 2.08. The van der Waals surface area contributed by atoms with Crippen molar-refractivity contribution in [3.05, 3.63) is 18.3 Å². The third-order valence-corrected chi connectivity index (χ3v) is 2.18. The van der Waals surface area contributed by atoms with Crippen LogP contribution in [0.5, 0.6) is 0 Å². The van der Waals surface area contributed by atoms with E-state index in [2.05, 4.69) is 10.3 Å². The Morgan fingerprint density at radius 2 is 2.07 bits per heavy atom. The number of unbranched alkanes of at least 4 members (excludes halogenated alkanes) is 3. The molecule has 0 atom stereocenters. The highest BCUT2D eigenvalue weighted by Gasteiger charge is 1.93. The fraction of sp³-hybridized carbons (Fsp3) is 0.545. The lowest BCUT2D eigenvalue weighted by Crippen LogP contribution is -2.03. The normalized spacial score (nSPS) is 10.2. The Morgan fingerprint density at radius 3 is 2.80 bits per heavy atom. The summed E-state index contributed by atoms with van der Waals surface area (Å²) in [6, 6.07) is 3.60. The van der Waals surface area contributed by atoms with Crippen LogP contribution in [0.1, 0.15) is 25.7 Å². The van der Waals surface area contributed by atoms with Gasteiger partial charge < -0.3 is 16.2 Å². The van der Waals surface area contributed by atoms with Crippen molar-refractivity contribution in [3.8, 4) is 0 Å². The summed E-state index contributed by atoms with van der Waals surface area (Å²) in [7, 11) is 0. The Morgan fingerprint density at radius 1 is 1.27 bits per heavy atom. The fourth-order valence-corrected chi connectivity index (χ4v) is 1.35. The first-order chi connectivity index (χ1) is 7.33. The number of hydrogen-bond acceptors (Lipinski definition) is 4. The van der Waals surface area contributed by atoms with Gasteiger partial charge in [0.25, 0.3) is 0 Å². The molecule has 1 rings (SSSR count). The number of pyridine rings is 1. The van der Waals surface area contributed by atoms with E-state index in [1.54, 1.807) is 12.3 Å². The maximum Gasteiger partial charge on any atom is 0.127 e. The van der Waals surface area contributed by atoms with Crippen molar-refractivity contribution in [1.29, 1.82) is 0 Å². The van der Waals surface area contributed by atoms with Crippen molar-refractivity contribution < 1.29 is 5.11 Å². The standard InChI is InChI=1S/C11H19N3O/c12-10-5-7-14-11(9-10)13-6-3-1-2-4-8-15/h5,7,9,15H,1-4,6,8H2,(H3,12,13,14). The van der Waals surface area contributed by atoms with E-state index in [-0.39, 0.29) is 0 Å². The molecule has 4 nitrogen and oxygen atoms in total. The third-order valence-electron chi connectivity index (χ3n) is 2.18. The largest absolute Gasteiger partial charge is 0.399 e.